The molecule has 214 valence electrons. The first-order valence-corrected chi connectivity index (χ1v) is 13.6. The predicted octanol–water partition coefficient (Wildman–Crippen LogP) is 2.24. The lowest BCUT2D eigenvalue weighted by atomic mass is 9.90. The lowest BCUT2D eigenvalue weighted by Gasteiger charge is -2.42. The summed E-state index contributed by atoms with van der Waals surface area (Å²) in [5.41, 5.74) is 1.16. The number of piperidine rings is 1. The van der Waals surface area contributed by atoms with Gasteiger partial charge in [0.1, 0.15) is 30.3 Å². The summed E-state index contributed by atoms with van der Waals surface area (Å²) >= 11 is 0. The van der Waals surface area contributed by atoms with Crippen molar-refractivity contribution in [2.45, 2.75) is 37.9 Å². The lowest BCUT2D eigenvalue weighted by molar-refractivity contribution is -0.138. The van der Waals surface area contributed by atoms with Crippen LogP contribution in [0.4, 0.5) is 5.69 Å². The molecule has 2 heterocycles. The van der Waals surface area contributed by atoms with Gasteiger partial charge in [0.15, 0.2) is 0 Å². The molecule has 0 saturated carbocycles. The third-order valence-electron chi connectivity index (χ3n) is 7.93. The Kier molecular flexibility index (Phi) is 9.38. The molecule has 0 spiro atoms. The van der Waals surface area contributed by atoms with Crippen molar-refractivity contribution in [3.63, 3.8) is 0 Å². The van der Waals surface area contributed by atoms with Gasteiger partial charge in [0, 0.05) is 58.1 Å². The minimum absolute atomic E-state index is 0.0325. The number of methoxy groups -OCH3 is 2. The van der Waals surface area contributed by atoms with E-state index in [-0.39, 0.29) is 32.2 Å². The van der Waals surface area contributed by atoms with Gasteiger partial charge in [0.25, 0.3) is 0 Å². The topological polar surface area (TPSA) is 94.9 Å². The van der Waals surface area contributed by atoms with E-state index in [1.54, 1.807) is 12.0 Å². The highest BCUT2D eigenvalue weighted by Crippen LogP contribution is 2.30. The van der Waals surface area contributed by atoms with Crippen molar-refractivity contribution in [2.75, 3.05) is 78.1 Å². The van der Waals surface area contributed by atoms with Crippen LogP contribution in [0.25, 0.3) is 0 Å². The average molecular weight is 542 g/mol. The Balaban J connectivity index is 1.43. The fourth-order valence-corrected chi connectivity index (χ4v) is 5.48. The summed E-state index contributed by atoms with van der Waals surface area (Å²) in [7, 11) is 3.15. The highest BCUT2D eigenvalue weighted by atomic mass is 16.5. The minimum Gasteiger partial charge on any atom is -0.497 e. The van der Waals surface area contributed by atoms with Crippen LogP contribution in [-0.4, -0.2) is 110 Å². The molecule has 1 atom stereocenters. The molecule has 0 aromatic heterocycles. The Hall–Kier alpha value is -2.85. The van der Waals surface area contributed by atoms with E-state index in [9.17, 15) is 15.0 Å². The van der Waals surface area contributed by atoms with E-state index >= 15 is 0 Å². The van der Waals surface area contributed by atoms with Gasteiger partial charge in [-0.25, -0.2) is 0 Å². The summed E-state index contributed by atoms with van der Waals surface area (Å²) in [6.45, 7) is 7.32. The number of rotatable bonds is 9. The second-order valence-electron chi connectivity index (χ2n) is 11.1. The summed E-state index contributed by atoms with van der Waals surface area (Å²) in [5, 5.41) is 23.3. The number of carbonyl (C=O) groups is 1. The number of nitrogens with zero attached hydrogens (tertiary/aromatic N) is 3. The van der Waals surface area contributed by atoms with Crippen molar-refractivity contribution in [1.82, 2.24) is 9.80 Å². The summed E-state index contributed by atoms with van der Waals surface area (Å²) in [6.07, 6.45) is 1.20. The normalized spacial score (nSPS) is 21.9. The van der Waals surface area contributed by atoms with Crippen molar-refractivity contribution >= 4 is 11.6 Å². The molecule has 0 unspecified atom stereocenters. The fourth-order valence-electron chi connectivity index (χ4n) is 5.48. The molecule has 0 aliphatic carbocycles. The number of β-amino-alcohol motifs (C(OH)–C–C–N with tert-alkyl or cyclic N) is 2. The zero-order valence-corrected chi connectivity index (χ0v) is 23.7. The lowest BCUT2D eigenvalue weighted by Crippen LogP contribution is -2.56. The molecule has 9 heteroatoms. The molecule has 1 amide bonds. The molecule has 0 bridgehead atoms. The predicted molar refractivity (Wildman–Crippen MR) is 151 cm³/mol. The molecule has 4 rings (SSSR count). The molecule has 2 aromatic carbocycles. The maximum absolute atomic E-state index is 12.7. The van der Waals surface area contributed by atoms with Gasteiger partial charge in [-0.15, -0.1) is 0 Å². The van der Waals surface area contributed by atoms with E-state index in [1.165, 1.54) is 12.7 Å². The van der Waals surface area contributed by atoms with Crippen LogP contribution in [0.15, 0.2) is 42.5 Å². The maximum Gasteiger partial charge on any atom is 0.248 e. The second-order valence-corrected chi connectivity index (χ2v) is 11.1. The Morgan fingerprint density at radius 1 is 0.897 bits per heavy atom. The fraction of sp³-hybridized carbons (Fsp3) is 0.567. The average Bonchev–Trinajstić information content (AvgIpc) is 3.08. The van der Waals surface area contributed by atoms with Crippen molar-refractivity contribution in [1.29, 1.82) is 0 Å². The van der Waals surface area contributed by atoms with Crippen LogP contribution in [0.1, 0.15) is 24.0 Å². The number of anilines is 1. The Morgan fingerprint density at radius 3 is 2.36 bits per heavy atom. The summed E-state index contributed by atoms with van der Waals surface area (Å²) in [6, 6.07) is 13.8. The molecular formula is C30H43N3O6. The van der Waals surface area contributed by atoms with Crippen molar-refractivity contribution < 1.29 is 29.2 Å². The number of aliphatic hydroxyl groups is 2. The van der Waals surface area contributed by atoms with Gasteiger partial charge in [-0.3, -0.25) is 9.69 Å². The first-order valence-electron chi connectivity index (χ1n) is 13.6. The van der Waals surface area contributed by atoms with E-state index in [0.717, 1.165) is 30.1 Å². The number of amides is 1. The Morgan fingerprint density at radius 2 is 1.67 bits per heavy atom. The molecule has 39 heavy (non-hydrogen) atoms. The molecule has 2 aliphatic heterocycles. The summed E-state index contributed by atoms with van der Waals surface area (Å²) in [5.74, 6) is 1.32. The van der Waals surface area contributed by atoms with Crippen LogP contribution in [0.5, 0.6) is 11.5 Å². The van der Waals surface area contributed by atoms with E-state index in [1.807, 2.05) is 50.2 Å². The highest BCUT2D eigenvalue weighted by molar-refractivity contribution is 5.77. The molecule has 0 radical (unpaired) electrons. The van der Waals surface area contributed by atoms with Gasteiger partial charge in [-0.05, 0) is 62.1 Å². The number of aryl methyl sites for hydroxylation is 2. The van der Waals surface area contributed by atoms with Gasteiger partial charge in [0.05, 0.1) is 19.3 Å². The third-order valence-corrected chi connectivity index (χ3v) is 7.93. The van der Waals surface area contributed by atoms with Gasteiger partial charge in [-0.2, -0.15) is 0 Å². The zero-order chi connectivity index (χ0) is 28.0. The van der Waals surface area contributed by atoms with Crippen molar-refractivity contribution in [3.05, 3.63) is 53.6 Å². The number of hydrogen-bond acceptors (Lipinski definition) is 8. The minimum atomic E-state index is -1.31. The molecule has 2 aromatic rings. The molecular weight excluding hydrogens is 498 g/mol. The van der Waals surface area contributed by atoms with Gasteiger partial charge in [0.2, 0.25) is 5.91 Å². The number of benzene rings is 2. The largest absolute Gasteiger partial charge is 0.497 e. The summed E-state index contributed by atoms with van der Waals surface area (Å²) in [4.78, 5) is 18.7. The van der Waals surface area contributed by atoms with Crippen LogP contribution in [-0.2, 0) is 9.53 Å². The molecule has 2 N–H and O–H groups in total. The van der Waals surface area contributed by atoms with Crippen molar-refractivity contribution in [2.24, 2.45) is 0 Å². The molecule has 9 nitrogen and oxygen atoms in total. The van der Waals surface area contributed by atoms with E-state index < -0.39 is 11.2 Å². The van der Waals surface area contributed by atoms with Crippen LogP contribution in [0.3, 0.4) is 0 Å². The first-order chi connectivity index (χ1) is 18.6. The van der Waals surface area contributed by atoms with E-state index in [0.29, 0.717) is 38.2 Å². The Bertz CT molecular complexity index is 1120. The monoisotopic (exact) mass is 541 g/mol. The zero-order valence-electron chi connectivity index (χ0n) is 23.7. The van der Waals surface area contributed by atoms with Gasteiger partial charge in [-0.1, -0.05) is 12.1 Å². The number of ether oxygens (including phenoxy) is 3. The molecule has 2 aliphatic rings. The van der Waals surface area contributed by atoms with Crippen LogP contribution in [0, 0.1) is 13.8 Å². The number of hydrogen-bond donors (Lipinski definition) is 2. The maximum atomic E-state index is 12.7. The Labute approximate surface area is 231 Å². The van der Waals surface area contributed by atoms with Crippen molar-refractivity contribution in [3.8, 4) is 11.5 Å². The standard InChI is InChI=1S/C30H43N3O6/c1-23-8-9-27(16-24(23)2)39-22-30(36)20-31(14-15-33(21-30)28(34)18-37-3)19-29(35)10-12-32(13-11-29)25-6-5-7-26(17-25)38-4/h5-9,16-17,35-36H,10-15,18-22H2,1-4H3/t30-/m1/s1. The summed E-state index contributed by atoms with van der Waals surface area (Å²) < 4.78 is 16.5. The van der Waals surface area contributed by atoms with Gasteiger partial charge < -0.3 is 34.2 Å². The van der Waals surface area contributed by atoms with E-state index in [2.05, 4.69) is 15.9 Å². The quantitative estimate of drug-likeness (QED) is 0.499. The van der Waals surface area contributed by atoms with Crippen LogP contribution >= 0.6 is 0 Å². The second kappa shape index (κ2) is 12.6. The van der Waals surface area contributed by atoms with E-state index in [4.69, 9.17) is 14.2 Å². The molecule has 2 saturated heterocycles. The first kappa shape index (κ1) is 29.1. The SMILES string of the molecule is COCC(=O)N1CCN(CC2(O)CCN(c3cccc(OC)c3)CC2)C[C@](O)(COc2ccc(C)c(C)c2)C1. The van der Waals surface area contributed by atoms with Gasteiger partial charge >= 0.3 is 0 Å². The molecule has 2 fully saturated rings. The number of carbonyl (C=O) groups excluding carboxylic acids is 1. The van der Waals surface area contributed by atoms with Crippen LogP contribution in [0.2, 0.25) is 0 Å². The van der Waals surface area contributed by atoms with Crippen LogP contribution < -0.4 is 14.4 Å². The highest BCUT2D eigenvalue weighted by Gasteiger charge is 2.41. The third kappa shape index (κ3) is 7.63. The smallest absolute Gasteiger partial charge is 0.248 e.